The summed E-state index contributed by atoms with van der Waals surface area (Å²) in [5.74, 6) is 1.44. The van der Waals surface area contributed by atoms with Gasteiger partial charge in [0.1, 0.15) is 5.54 Å². The van der Waals surface area contributed by atoms with E-state index in [1.54, 1.807) is 4.90 Å². The Balaban J connectivity index is 2.08. The Labute approximate surface area is 136 Å². The van der Waals surface area contributed by atoms with Gasteiger partial charge in [0.05, 0.1) is 5.75 Å². The fraction of sp³-hybridized carbons (Fsp3) is 0.529. The first-order valence-electron chi connectivity index (χ1n) is 7.64. The van der Waals surface area contributed by atoms with Gasteiger partial charge in [0.25, 0.3) is 0 Å². The Bertz CT molecular complexity index is 533. The molecule has 1 atom stereocenters. The molecule has 0 bridgehead atoms. The molecule has 1 N–H and O–H groups in total. The quantitative estimate of drug-likeness (QED) is 0.905. The van der Waals surface area contributed by atoms with Crippen LogP contribution in [0.3, 0.4) is 0 Å². The Kier molecular flexibility index (Phi) is 5.51. The predicted octanol–water partition coefficient (Wildman–Crippen LogP) is 2.29. The van der Waals surface area contributed by atoms with E-state index in [4.69, 9.17) is 0 Å². The Morgan fingerprint density at radius 1 is 1.36 bits per heavy atom. The molecule has 2 rings (SSSR count). The van der Waals surface area contributed by atoms with Gasteiger partial charge in [0, 0.05) is 18.8 Å². The molecule has 1 aliphatic heterocycles. The fourth-order valence-corrected chi connectivity index (χ4v) is 3.71. The standard InChI is InChI=1S/C17H24N2O2S/c1-13(2)10-19-15(20)11-22-12-17(19,3)16(21)18-9-14-7-5-4-6-8-14/h4-8,13H,9-12H2,1-3H3,(H,18,21). The molecule has 1 saturated heterocycles. The van der Waals surface area contributed by atoms with Crippen LogP contribution in [0.15, 0.2) is 30.3 Å². The molecular formula is C17H24N2O2S. The van der Waals surface area contributed by atoms with E-state index in [1.807, 2.05) is 37.3 Å². The van der Waals surface area contributed by atoms with Crippen molar-refractivity contribution in [2.45, 2.75) is 32.9 Å². The Morgan fingerprint density at radius 2 is 2.05 bits per heavy atom. The van der Waals surface area contributed by atoms with Crippen molar-refractivity contribution in [1.29, 1.82) is 0 Å². The van der Waals surface area contributed by atoms with E-state index in [0.717, 1.165) is 5.56 Å². The first-order chi connectivity index (χ1) is 10.4. The van der Waals surface area contributed by atoms with Crippen LogP contribution in [0.2, 0.25) is 0 Å². The maximum Gasteiger partial charge on any atom is 0.246 e. The molecule has 0 aliphatic carbocycles. The van der Waals surface area contributed by atoms with Gasteiger partial charge in [-0.2, -0.15) is 0 Å². The second-order valence-electron chi connectivity index (χ2n) is 6.33. The van der Waals surface area contributed by atoms with Crippen molar-refractivity contribution >= 4 is 23.6 Å². The van der Waals surface area contributed by atoms with Crippen LogP contribution in [-0.4, -0.2) is 40.3 Å². The lowest BCUT2D eigenvalue weighted by Gasteiger charge is -2.43. The summed E-state index contributed by atoms with van der Waals surface area (Å²) in [5, 5.41) is 2.99. The minimum atomic E-state index is -0.765. The van der Waals surface area contributed by atoms with Gasteiger partial charge in [-0.1, -0.05) is 44.2 Å². The number of amides is 2. The number of hydrogen-bond donors (Lipinski definition) is 1. The van der Waals surface area contributed by atoms with E-state index in [0.29, 0.717) is 30.5 Å². The highest BCUT2D eigenvalue weighted by molar-refractivity contribution is 8.00. The molecule has 1 aliphatic rings. The van der Waals surface area contributed by atoms with Crippen LogP contribution in [-0.2, 0) is 16.1 Å². The highest BCUT2D eigenvalue weighted by atomic mass is 32.2. The van der Waals surface area contributed by atoms with Crippen molar-refractivity contribution in [3.8, 4) is 0 Å². The lowest BCUT2D eigenvalue weighted by atomic mass is 9.98. The summed E-state index contributed by atoms with van der Waals surface area (Å²) in [4.78, 5) is 26.7. The Morgan fingerprint density at radius 3 is 2.68 bits per heavy atom. The van der Waals surface area contributed by atoms with Crippen molar-refractivity contribution in [3.05, 3.63) is 35.9 Å². The molecule has 22 heavy (non-hydrogen) atoms. The van der Waals surface area contributed by atoms with Crippen LogP contribution in [0.4, 0.5) is 0 Å². The number of carbonyl (C=O) groups excluding carboxylic acids is 2. The average Bonchev–Trinajstić information content (AvgIpc) is 2.49. The van der Waals surface area contributed by atoms with E-state index in [-0.39, 0.29) is 11.8 Å². The van der Waals surface area contributed by atoms with E-state index in [2.05, 4.69) is 19.2 Å². The van der Waals surface area contributed by atoms with Crippen molar-refractivity contribution in [2.75, 3.05) is 18.1 Å². The summed E-state index contributed by atoms with van der Waals surface area (Å²) < 4.78 is 0. The number of nitrogens with one attached hydrogen (secondary N) is 1. The highest BCUT2D eigenvalue weighted by Crippen LogP contribution is 2.28. The third kappa shape index (κ3) is 3.83. The van der Waals surface area contributed by atoms with Gasteiger partial charge < -0.3 is 10.2 Å². The number of hydrogen-bond acceptors (Lipinski definition) is 3. The van der Waals surface area contributed by atoms with E-state index >= 15 is 0 Å². The van der Waals surface area contributed by atoms with Crippen LogP contribution >= 0.6 is 11.8 Å². The van der Waals surface area contributed by atoms with E-state index in [1.165, 1.54) is 11.8 Å². The summed E-state index contributed by atoms with van der Waals surface area (Å²) in [6, 6.07) is 9.82. The Hall–Kier alpha value is -1.49. The van der Waals surface area contributed by atoms with Gasteiger partial charge >= 0.3 is 0 Å². The lowest BCUT2D eigenvalue weighted by Crippen LogP contribution is -2.63. The molecule has 2 amide bonds. The molecular weight excluding hydrogens is 296 g/mol. The highest BCUT2D eigenvalue weighted by Gasteiger charge is 2.44. The summed E-state index contributed by atoms with van der Waals surface area (Å²) in [6.45, 7) is 7.12. The molecule has 1 aromatic carbocycles. The van der Waals surface area contributed by atoms with Crippen molar-refractivity contribution in [2.24, 2.45) is 5.92 Å². The fourth-order valence-electron chi connectivity index (χ4n) is 2.59. The molecule has 5 heteroatoms. The zero-order valence-corrected chi connectivity index (χ0v) is 14.3. The number of rotatable bonds is 5. The molecule has 1 aromatic rings. The van der Waals surface area contributed by atoms with Crippen molar-refractivity contribution < 1.29 is 9.59 Å². The van der Waals surface area contributed by atoms with Gasteiger partial charge in [-0.05, 0) is 18.4 Å². The zero-order chi connectivity index (χ0) is 16.2. The maximum absolute atomic E-state index is 12.7. The molecule has 0 radical (unpaired) electrons. The van der Waals surface area contributed by atoms with Crippen molar-refractivity contribution in [3.63, 3.8) is 0 Å². The van der Waals surface area contributed by atoms with E-state index < -0.39 is 5.54 Å². The zero-order valence-electron chi connectivity index (χ0n) is 13.5. The van der Waals surface area contributed by atoms with Crippen molar-refractivity contribution in [1.82, 2.24) is 10.2 Å². The number of thioether (sulfide) groups is 1. The van der Waals surface area contributed by atoms with Crippen LogP contribution in [0.25, 0.3) is 0 Å². The van der Waals surface area contributed by atoms with Crippen LogP contribution in [0, 0.1) is 5.92 Å². The normalized spacial score (nSPS) is 22.0. The van der Waals surface area contributed by atoms with Gasteiger partial charge in [0.15, 0.2) is 0 Å². The molecule has 1 unspecified atom stereocenters. The first-order valence-corrected chi connectivity index (χ1v) is 8.79. The molecule has 0 aromatic heterocycles. The molecule has 0 spiro atoms. The second-order valence-corrected chi connectivity index (χ2v) is 7.32. The van der Waals surface area contributed by atoms with E-state index in [9.17, 15) is 9.59 Å². The summed E-state index contributed by atoms with van der Waals surface area (Å²) >= 11 is 1.54. The summed E-state index contributed by atoms with van der Waals surface area (Å²) in [5.41, 5.74) is 0.295. The van der Waals surface area contributed by atoms with Crippen LogP contribution in [0.5, 0.6) is 0 Å². The minimum absolute atomic E-state index is 0.0577. The SMILES string of the molecule is CC(C)CN1C(=O)CSCC1(C)C(=O)NCc1ccccc1. The number of nitrogens with zero attached hydrogens (tertiary/aromatic N) is 1. The predicted molar refractivity (Wildman–Crippen MR) is 90.6 cm³/mol. The van der Waals surface area contributed by atoms with Gasteiger partial charge in [-0.15, -0.1) is 11.8 Å². The number of carbonyl (C=O) groups is 2. The van der Waals surface area contributed by atoms with Gasteiger partial charge in [-0.25, -0.2) is 0 Å². The van der Waals surface area contributed by atoms with Gasteiger partial charge in [0.2, 0.25) is 11.8 Å². The topological polar surface area (TPSA) is 49.4 Å². The largest absolute Gasteiger partial charge is 0.350 e. The van der Waals surface area contributed by atoms with Crippen LogP contribution in [0.1, 0.15) is 26.3 Å². The smallest absolute Gasteiger partial charge is 0.246 e. The summed E-state index contributed by atoms with van der Waals surface area (Å²) in [7, 11) is 0. The monoisotopic (exact) mass is 320 g/mol. The number of benzene rings is 1. The summed E-state index contributed by atoms with van der Waals surface area (Å²) in [6.07, 6.45) is 0. The maximum atomic E-state index is 12.7. The minimum Gasteiger partial charge on any atom is -0.350 e. The molecule has 120 valence electrons. The van der Waals surface area contributed by atoms with Crippen LogP contribution < -0.4 is 5.32 Å². The third-order valence-electron chi connectivity index (χ3n) is 3.84. The lowest BCUT2D eigenvalue weighted by molar-refractivity contribution is -0.145. The second kappa shape index (κ2) is 7.18. The average molecular weight is 320 g/mol. The first kappa shape index (κ1) is 16.9. The molecule has 0 saturated carbocycles. The molecule has 1 fully saturated rings. The molecule has 4 nitrogen and oxygen atoms in total. The molecule has 1 heterocycles. The van der Waals surface area contributed by atoms with Gasteiger partial charge in [-0.3, -0.25) is 9.59 Å². The third-order valence-corrected chi connectivity index (χ3v) is 5.06.